The summed E-state index contributed by atoms with van der Waals surface area (Å²) in [5.41, 5.74) is 1.20. The van der Waals surface area contributed by atoms with Gasteiger partial charge in [-0.2, -0.15) is 0 Å². The molecule has 0 aliphatic carbocycles. The van der Waals surface area contributed by atoms with E-state index in [1.807, 2.05) is 12.1 Å². The second-order valence-corrected chi connectivity index (χ2v) is 7.91. The maximum absolute atomic E-state index is 12.2. The zero-order valence-electron chi connectivity index (χ0n) is 18.4. The number of piperidine rings is 1. The van der Waals surface area contributed by atoms with Gasteiger partial charge in [-0.05, 0) is 36.8 Å². The normalized spacial score (nSPS) is 17.3. The standard InChI is InChI=1S/C13H10N2O4.C12H8O4/c16-10-6-5-9(11(17)14-10)15-12(18)7-3-1-2-4-8(7)13(15)19;1-14-12-10-8(4-5-15-10)6-7-2-3-9(13)16-11(7)12/h1-4,9H,5-6H2,(H,14,16,17);2-6H,1H3. The van der Waals surface area contributed by atoms with Gasteiger partial charge in [-0.15, -0.1) is 0 Å². The molecule has 1 atom stereocenters. The fourth-order valence-electron chi connectivity index (χ4n) is 4.21. The first-order chi connectivity index (χ1) is 16.9. The molecule has 6 rings (SSSR count). The summed E-state index contributed by atoms with van der Waals surface area (Å²) >= 11 is 0. The Bertz CT molecular complexity index is 1550. The smallest absolute Gasteiger partial charge is 0.336 e. The summed E-state index contributed by atoms with van der Waals surface area (Å²) < 4.78 is 15.6. The minimum atomic E-state index is -0.898. The van der Waals surface area contributed by atoms with Crippen LogP contribution >= 0.6 is 0 Å². The average Bonchev–Trinajstić information content (AvgIpc) is 3.41. The third kappa shape index (κ3) is 3.74. The molecule has 0 saturated carbocycles. The van der Waals surface area contributed by atoms with Crippen LogP contribution in [0.15, 0.2) is 68.4 Å². The first-order valence-electron chi connectivity index (χ1n) is 10.7. The molecule has 2 aromatic carbocycles. The number of furan rings is 1. The van der Waals surface area contributed by atoms with Gasteiger partial charge in [-0.1, -0.05) is 12.1 Å². The Morgan fingerprint density at radius 3 is 2.26 bits per heavy atom. The summed E-state index contributed by atoms with van der Waals surface area (Å²) in [5.74, 6) is -1.47. The van der Waals surface area contributed by atoms with Crippen LogP contribution in [0.3, 0.4) is 0 Å². The highest BCUT2D eigenvalue weighted by molar-refractivity contribution is 6.23. The Hall–Kier alpha value is -4.73. The van der Waals surface area contributed by atoms with E-state index in [-0.39, 0.29) is 18.7 Å². The summed E-state index contributed by atoms with van der Waals surface area (Å²) in [6, 6.07) is 12.4. The van der Waals surface area contributed by atoms with Crippen molar-refractivity contribution in [2.45, 2.75) is 18.9 Å². The number of carbonyl (C=O) groups excluding carboxylic acids is 4. The van der Waals surface area contributed by atoms with Crippen molar-refractivity contribution in [2.75, 3.05) is 7.11 Å². The predicted octanol–water partition coefficient (Wildman–Crippen LogP) is 2.64. The van der Waals surface area contributed by atoms with E-state index in [4.69, 9.17) is 13.6 Å². The van der Waals surface area contributed by atoms with Gasteiger partial charge in [0.25, 0.3) is 11.8 Å². The lowest BCUT2D eigenvalue weighted by Crippen LogP contribution is -2.54. The van der Waals surface area contributed by atoms with Crippen molar-refractivity contribution in [2.24, 2.45) is 0 Å². The van der Waals surface area contributed by atoms with Gasteiger partial charge < -0.3 is 13.6 Å². The van der Waals surface area contributed by atoms with E-state index in [1.54, 1.807) is 36.6 Å². The molecule has 2 aromatic heterocycles. The molecule has 0 spiro atoms. The molecule has 10 heteroatoms. The van der Waals surface area contributed by atoms with Crippen molar-refractivity contribution in [3.05, 3.63) is 76.3 Å². The Morgan fingerprint density at radius 1 is 0.914 bits per heavy atom. The molecule has 4 heterocycles. The van der Waals surface area contributed by atoms with Crippen molar-refractivity contribution in [3.63, 3.8) is 0 Å². The maximum Gasteiger partial charge on any atom is 0.336 e. The number of carbonyl (C=O) groups is 4. The lowest BCUT2D eigenvalue weighted by molar-refractivity contribution is -0.136. The van der Waals surface area contributed by atoms with Crippen LogP contribution in [0.2, 0.25) is 0 Å². The van der Waals surface area contributed by atoms with E-state index in [2.05, 4.69) is 5.32 Å². The van der Waals surface area contributed by atoms with Crippen molar-refractivity contribution >= 4 is 45.6 Å². The van der Waals surface area contributed by atoms with Crippen molar-refractivity contribution < 1.29 is 32.7 Å². The molecule has 0 bridgehead atoms. The summed E-state index contributed by atoms with van der Waals surface area (Å²) in [6.45, 7) is 0. The van der Waals surface area contributed by atoms with E-state index in [9.17, 15) is 24.0 Å². The minimum Gasteiger partial charge on any atom is -0.490 e. The highest BCUT2D eigenvalue weighted by atomic mass is 16.5. The Kier molecular flexibility index (Phi) is 5.40. The Morgan fingerprint density at radius 2 is 1.60 bits per heavy atom. The number of nitrogens with one attached hydrogen (secondary N) is 1. The summed E-state index contributed by atoms with van der Waals surface area (Å²) in [5, 5.41) is 3.88. The fourth-order valence-corrected chi connectivity index (χ4v) is 4.21. The van der Waals surface area contributed by atoms with Crippen LogP contribution in [0.4, 0.5) is 0 Å². The van der Waals surface area contributed by atoms with Crippen LogP contribution in [0, 0.1) is 0 Å². The number of ether oxygens (including phenoxy) is 1. The van der Waals surface area contributed by atoms with Gasteiger partial charge in [0, 0.05) is 23.3 Å². The van der Waals surface area contributed by atoms with Crippen LogP contribution in [0.5, 0.6) is 5.75 Å². The Balaban J connectivity index is 0.000000147. The zero-order chi connectivity index (χ0) is 24.7. The molecule has 35 heavy (non-hydrogen) atoms. The third-order valence-corrected chi connectivity index (χ3v) is 5.83. The summed E-state index contributed by atoms with van der Waals surface area (Å²) in [6.07, 6.45) is 1.88. The van der Waals surface area contributed by atoms with Gasteiger partial charge in [-0.3, -0.25) is 29.4 Å². The number of rotatable bonds is 2. The number of amides is 4. The molecule has 4 aromatic rings. The second kappa shape index (κ2) is 8.56. The van der Waals surface area contributed by atoms with Crippen LogP contribution in [-0.4, -0.2) is 41.7 Å². The predicted molar refractivity (Wildman–Crippen MR) is 122 cm³/mol. The zero-order valence-corrected chi connectivity index (χ0v) is 18.4. The molecule has 2 aliphatic rings. The van der Waals surface area contributed by atoms with E-state index in [0.717, 1.165) is 15.7 Å². The highest BCUT2D eigenvalue weighted by Crippen LogP contribution is 2.34. The van der Waals surface area contributed by atoms with Crippen molar-refractivity contribution in [3.8, 4) is 5.75 Å². The SMILES string of the molecule is COc1c2occc2cc2ccc(=O)oc12.O=C1CCC(N2C(=O)c3ccccc3C2=O)C(=O)N1. The lowest BCUT2D eigenvalue weighted by atomic mass is 10.0. The summed E-state index contributed by atoms with van der Waals surface area (Å²) in [7, 11) is 1.52. The minimum absolute atomic E-state index is 0.129. The molecule has 4 amide bonds. The van der Waals surface area contributed by atoms with Gasteiger partial charge in [0.1, 0.15) is 6.04 Å². The molecule has 1 unspecified atom stereocenters. The first-order valence-corrected chi connectivity index (χ1v) is 10.7. The molecular formula is C25H18N2O8. The topological polar surface area (TPSA) is 136 Å². The largest absolute Gasteiger partial charge is 0.490 e. The van der Waals surface area contributed by atoms with Gasteiger partial charge in [0.05, 0.1) is 24.5 Å². The van der Waals surface area contributed by atoms with E-state index in [1.165, 1.54) is 13.2 Å². The second-order valence-electron chi connectivity index (χ2n) is 7.91. The molecule has 1 fully saturated rings. The average molecular weight is 474 g/mol. The third-order valence-electron chi connectivity index (χ3n) is 5.83. The quantitative estimate of drug-likeness (QED) is 0.346. The van der Waals surface area contributed by atoms with E-state index < -0.39 is 29.4 Å². The molecule has 176 valence electrons. The summed E-state index contributed by atoms with van der Waals surface area (Å²) in [4.78, 5) is 59.3. The molecule has 0 radical (unpaired) electrons. The monoisotopic (exact) mass is 474 g/mol. The number of benzene rings is 2. The maximum atomic E-state index is 12.2. The van der Waals surface area contributed by atoms with Gasteiger partial charge in [0.2, 0.25) is 17.6 Å². The van der Waals surface area contributed by atoms with Gasteiger partial charge >= 0.3 is 5.63 Å². The first kappa shape index (κ1) is 22.1. The molecule has 1 saturated heterocycles. The van der Waals surface area contributed by atoms with E-state index in [0.29, 0.717) is 28.0 Å². The van der Waals surface area contributed by atoms with E-state index >= 15 is 0 Å². The van der Waals surface area contributed by atoms with Crippen LogP contribution in [-0.2, 0) is 9.59 Å². The number of fused-ring (bicyclic) bond motifs is 3. The number of methoxy groups -OCH3 is 1. The molecule has 10 nitrogen and oxygen atoms in total. The number of imide groups is 2. The van der Waals surface area contributed by atoms with Crippen LogP contribution < -0.4 is 15.7 Å². The molecule has 1 N–H and O–H groups in total. The number of hydrogen-bond acceptors (Lipinski definition) is 8. The number of hydrogen-bond donors (Lipinski definition) is 1. The van der Waals surface area contributed by atoms with Crippen molar-refractivity contribution in [1.29, 1.82) is 0 Å². The molecular weight excluding hydrogens is 456 g/mol. The van der Waals surface area contributed by atoms with Crippen LogP contribution in [0.25, 0.3) is 21.9 Å². The highest BCUT2D eigenvalue weighted by Gasteiger charge is 2.44. The van der Waals surface area contributed by atoms with Gasteiger partial charge in [0.15, 0.2) is 11.2 Å². The van der Waals surface area contributed by atoms with Crippen LogP contribution in [0.1, 0.15) is 33.6 Å². The van der Waals surface area contributed by atoms with Crippen molar-refractivity contribution in [1.82, 2.24) is 10.2 Å². The number of nitrogens with zero attached hydrogens (tertiary/aromatic N) is 1. The fraction of sp³-hybridized carbons (Fsp3) is 0.160. The Labute approximate surface area is 197 Å². The lowest BCUT2D eigenvalue weighted by Gasteiger charge is -2.27. The van der Waals surface area contributed by atoms with Gasteiger partial charge in [-0.25, -0.2) is 4.79 Å². The molecule has 2 aliphatic heterocycles.